The van der Waals surface area contributed by atoms with Gasteiger partial charge in [0, 0.05) is 44.9 Å². The van der Waals surface area contributed by atoms with E-state index in [2.05, 4.69) is 20.9 Å². The van der Waals surface area contributed by atoms with E-state index in [0.29, 0.717) is 50.1 Å². The van der Waals surface area contributed by atoms with Gasteiger partial charge in [-0.25, -0.2) is 0 Å². The van der Waals surface area contributed by atoms with Gasteiger partial charge in [-0.05, 0) is 42.8 Å². The van der Waals surface area contributed by atoms with Crippen molar-refractivity contribution in [2.24, 2.45) is 4.99 Å². The Bertz CT molecular complexity index is 860. The lowest BCUT2D eigenvalue weighted by molar-refractivity contribution is 0.0954. The number of amides is 1. The minimum absolute atomic E-state index is 0. The Hall–Kier alpha value is -2.53. The molecule has 0 spiro atoms. The number of guanidine groups is 1. The van der Waals surface area contributed by atoms with Gasteiger partial charge in [0.05, 0.1) is 13.7 Å². The molecule has 0 saturated carbocycles. The lowest BCUT2D eigenvalue weighted by Crippen LogP contribution is -2.41. The van der Waals surface area contributed by atoms with Gasteiger partial charge in [0.15, 0.2) is 5.96 Å². The molecule has 2 aromatic rings. The first kappa shape index (κ1) is 27.5. The van der Waals surface area contributed by atoms with Gasteiger partial charge in [-0.1, -0.05) is 12.1 Å². The van der Waals surface area contributed by atoms with Gasteiger partial charge in [-0.15, -0.1) is 24.0 Å². The first-order valence-electron chi connectivity index (χ1n) is 10.2. The van der Waals surface area contributed by atoms with Gasteiger partial charge in [0.1, 0.15) is 18.1 Å². The highest BCUT2D eigenvalue weighted by Gasteiger charge is 2.07. The molecule has 0 heterocycles. The number of hydrogen-bond acceptors (Lipinski definition) is 5. The van der Waals surface area contributed by atoms with E-state index in [1.807, 2.05) is 25.1 Å². The number of ether oxygens (including phenoxy) is 3. The Labute approximate surface area is 207 Å². The number of aryl methyl sites for hydroxylation is 1. The van der Waals surface area contributed by atoms with Crippen LogP contribution in [0.5, 0.6) is 11.5 Å². The van der Waals surface area contributed by atoms with E-state index in [-0.39, 0.29) is 29.9 Å². The molecular formula is C23H33IN4O4. The largest absolute Gasteiger partial charge is 0.497 e. The third-order valence-corrected chi connectivity index (χ3v) is 4.49. The molecule has 32 heavy (non-hydrogen) atoms. The molecule has 0 unspecified atom stereocenters. The third-order valence-electron chi connectivity index (χ3n) is 4.49. The summed E-state index contributed by atoms with van der Waals surface area (Å²) in [5.74, 6) is 2.05. The van der Waals surface area contributed by atoms with Crippen LogP contribution < -0.4 is 25.4 Å². The lowest BCUT2D eigenvalue weighted by atomic mass is 10.1. The average molecular weight is 556 g/mol. The molecule has 3 N–H and O–H groups in total. The molecule has 2 rings (SSSR count). The van der Waals surface area contributed by atoms with Crippen molar-refractivity contribution in [2.75, 3.05) is 47.6 Å². The number of methoxy groups -OCH3 is 2. The van der Waals surface area contributed by atoms with E-state index in [1.165, 1.54) is 0 Å². The summed E-state index contributed by atoms with van der Waals surface area (Å²) in [6.07, 6.45) is 0. The first-order valence-corrected chi connectivity index (χ1v) is 10.2. The predicted molar refractivity (Wildman–Crippen MR) is 137 cm³/mol. The Morgan fingerprint density at radius 2 is 1.69 bits per heavy atom. The van der Waals surface area contributed by atoms with Crippen LogP contribution in [0.15, 0.2) is 47.5 Å². The summed E-state index contributed by atoms with van der Waals surface area (Å²) in [6, 6.07) is 13.1. The highest BCUT2D eigenvalue weighted by atomic mass is 127. The van der Waals surface area contributed by atoms with E-state index in [9.17, 15) is 4.79 Å². The van der Waals surface area contributed by atoms with E-state index in [4.69, 9.17) is 14.2 Å². The van der Waals surface area contributed by atoms with Crippen molar-refractivity contribution in [3.63, 3.8) is 0 Å². The molecule has 0 bridgehead atoms. The second kappa shape index (κ2) is 15.3. The SMILES string of the molecule is CN=C(NCCNC(=O)c1ccc(OC)cc1)NCc1ccc(C)cc1OCCOC.I. The number of aliphatic imine (C=N–C) groups is 1. The fraction of sp³-hybridized carbons (Fsp3) is 0.391. The molecule has 0 aliphatic heterocycles. The zero-order valence-corrected chi connectivity index (χ0v) is 21.4. The van der Waals surface area contributed by atoms with Crippen molar-refractivity contribution in [1.82, 2.24) is 16.0 Å². The number of carbonyl (C=O) groups excluding carboxylic acids is 1. The lowest BCUT2D eigenvalue weighted by Gasteiger charge is -2.15. The summed E-state index contributed by atoms with van der Waals surface area (Å²) < 4.78 is 16.0. The highest BCUT2D eigenvalue weighted by molar-refractivity contribution is 14.0. The Morgan fingerprint density at radius 3 is 2.34 bits per heavy atom. The van der Waals surface area contributed by atoms with Crippen LogP contribution in [0.1, 0.15) is 21.5 Å². The van der Waals surface area contributed by atoms with Crippen LogP contribution in [0, 0.1) is 6.92 Å². The minimum atomic E-state index is -0.134. The molecular weight excluding hydrogens is 523 g/mol. The standard InChI is InChI=1S/C23H32N4O4.HI/c1-17-5-6-19(21(15-17)31-14-13-29-3)16-27-23(24-2)26-12-11-25-22(28)18-7-9-20(30-4)10-8-18;/h5-10,15H,11-14,16H2,1-4H3,(H,25,28)(H2,24,26,27);1H. The molecule has 0 fully saturated rings. The Balaban J connectivity index is 0.00000512. The van der Waals surface area contributed by atoms with Crippen molar-refractivity contribution < 1.29 is 19.0 Å². The number of rotatable bonds is 11. The summed E-state index contributed by atoms with van der Waals surface area (Å²) in [5.41, 5.74) is 2.74. The number of nitrogens with one attached hydrogen (secondary N) is 3. The molecule has 0 aromatic heterocycles. The van der Waals surface area contributed by atoms with Gasteiger partial charge in [0.25, 0.3) is 5.91 Å². The van der Waals surface area contributed by atoms with Crippen LogP contribution in [0.3, 0.4) is 0 Å². The van der Waals surface area contributed by atoms with Crippen LogP contribution >= 0.6 is 24.0 Å². The van der Waals surface area contributed by atoms with Gasteiger partial charge in [0.2, 0.25) is 0 Å². The molecule has 8 nitrogen and oxygen atoms in total. The highest BCUT2D eigenvalue weighted by Crippen LogP contribution is 2.20. The molecule has 0 radical (unpaired) electrons. The number of benzene rings is 2. The smallest absolute Gasteiger partial charge is 0.251 e. The van der Waals surface area contributed by atoms with E-state index in [0.717, 1.165) is 16.9 Å². The summed E-state index contributed by atoms with van der Waals surface area (Å²) in [6.45, 7) is 4.61. The molecule has 0 saturated heterocycles. The Morgan fingerprint density at radius 1 is 0.969 bits per heavy atom. The zero-order valence-electron chi connectivity index (χ0n) is 19.1. The van der Waals surface area contributed by atoms with Crippen molar-refractivity contribution in [3.8, 4) is 11.5 Å². The van der Waals surface area contributed by atoms with Gasteiger partial charge in [-0.2, -0.15) is 0 Å². The number of carbonyl (C=O) groups is 1. The fourth-order valence-corrected chi connectivity index (χ4v) is 2.78. The second-order valence-corrected chi connectivity index (χ2v) is 6.79. The summed E-state index contributed by atoms with van der Waals surface area (Å²) >= 11 is 0. The zero-order chi connectivity index (χ0) is 22.5. The second-order valence-electron chi connectivity index (χ2n) is 6.79. The number of nitrogens with zero attached hydrogens (tertiary/aromatic N) is 1. The van der Waals surface area contributed by atoms with E-state index < -0.39 is 0 Å². The van der Waals surface area contributed by atoms with Gasteiger partial charge >= 0.3 is 0 Å². The number of hydrogen-bond donors (Lipinski definition) is 3. The maximum absolute atomic E-state index is 12.2. The number of halogens is 1. The minimum Gasteiger partial charge on any atom is -0.497 e. The molecule has 9 heteroatoms. The molecule has 0 atom stereocenters. The Kier molecular flexibility index (Phi) is 13.2. The molecule has 176 valence electrons. The topological polar surface area (TPSA) is 93.2 Å². The summed E-state index contributed by atoms with van der Waals surface area (Å²) in [5, 5.41) is 9.34. The predicted octanol–water partition coefficient (Wildman–Crippen LogP) is 2.74. The normalized spacial score (nSPS) is 10.7. The van der Waals surface area contributed by atoms with Crippen molar-refractivity contribution >= 4 is 35.8 Å². The molecule has 2 aromatic carbocycles. The van der Waals surface area contributed by atoms with Gasteiger partial charge in [-0.3, -0.25) is 9.79 Å². The van der Waals surface area contributed by atoms with Crippen molar-refractivity contribution in [2.45, 2.75) is 13.5 Å². The average Bonchev–Trinajstić information content (AvgIpc) is 2.79. The van der Waals surface area contributed by atoms with Crippen LogP contribution in [-0.2, 0) is 11.3 Å². The van der Waals surface area contributed by atoms with Crippen molar-refractivity contribution in [1.29, 1.82) is 0 Å². The quantitative estimate of drug-likeness (QED) is 0.171. The monoisotopic (exact) mass is 556 g/mol. The third kappa shape index (κ3) is 9.31. The summed E-state index contributed by atoms with van der Waals surface area (Å²) in [7, 11) is 4.95. The maximum atomic E-state index is 12.2. The van der Waals surface area contributed by atoms with Crippen LogP contribution in [0.4, 0.5) is 0 Å². The van der Waals surface area contributed by atoms with Gasteiger partial charge < -0.3 is 30.2 Å². The summed E-state index contributed by atoms with van der Waals surface area (Å²) in [4.78, 5) is 16.4. The van der Waals surface area contributed by atoms with Crippen LogP contribution in [0.2, 0.25) is 0 Å². The molecule has 0 aliphatic carbocycles. The van der Waals surface area contributed by atoms with E-state index >= 15 is 0 Å². The van der Waals surface area contributed by atoms with E-state index in [1.54, 1.807) is 45.5 Å². The van der Waals surface area contributed by atoms with Crippen LogP contribution in [0.25, 0.3) is 0 Å². The molecule has 0 aliphatic rings. The van der Waals surface area contributed by atoms with Crippen LogP contribution in [-0.4, -0.2) is 59.4 Å². The fourth-order valence-electron chi connectivity index (χ4n) is 2.78. The van der Waals surface area contributed by atoms with Crippen molar-refractivity contribution in [3.05, 3.63) is 59.2 Å². The maximum Gasteiger partial charge on any atom is 0.251 e. The first-order chi connectivity index (χ1) is 15.1. The molecule has 1 amide bonds.